The number of hydrogen-bond acceptors (Lipinski definition) is 3. The molecule has 0 bridgehead atoms. The minimum atomic E-state index is 0.294. The Morgan fingerprint density at radius 2 is 2.14 bits per heavy atom. The molecule has 5 heteroatoms. The molecule has 0 spiro atoms. The number of amides is 1. The van der Waals surface area contributed by atoms with Crippen LogP contribution in [0.15, 0.2) is 18.3 Å². The number of ether oxygens (including phenoxy) is 1. The fourth-order valence-electron chi connectivity index (χ4n) is 3.61. The molecule has 0 N–H and O–H groups in total. The molecule has 5 nitrogen and oxygen atoms in total. The predicted molar refractivity (Wildman–Crippen MR) is 85.5 cm³/mol. The summed E-state index contributed by atoms with van der Waals surface area (Å²) < 4.78 is 7.58. The van der Waals surface area contributed by atoms with Crippen LogP contribution in [0.4, 0.5) is 0 Å². The van der Waals surface area contributed by atoms with E-state index in [1.165, 1.54) is 5.69 Å². The lowest BCUT2D eigenvalue weighted by Crippen LogP contribution is -2.40. The highest BCUT2D eigenvalue weighted by Gasteiger charge is 2.25. The molecular formula is C17H27N3O2. The molecule has 1 atom stereocenters. The van der Waals surface area contributed by atoms with Crippen LogP contribution in [-0.4, -0.2) is 60.2 Å². The zero-order valence-electron chi connectivity index (χ0n) is 13.5. The Kier molecular flexibility index (Phi) is 5.16. The number of hydrogen-bond donors (Lipinski definition) is 0. The van der Waals surface area contributed by atoms with E-state index in [2.05, 4.69) is 27.8 Å². The van der Waals surface area contributed by atoms with Gasteiger partial charge in [0.1, 0.15) is 0 Å². The van der Waals surface area contributed by atoms with Crippen molar-refractivity contribution < 1.29 is 9.53 Å². The Balaban J connectivity index is 1.65. The normalized spacial score (nSPS) is 22.6. The van der Waals surface area contributed by atoms with Crippen LogP contribution >= 0.6 is 0 Å². The monoisotopic (exact) mass is 305 g/mol. The van der Waals surface area contributed by atoms with E-state index in [9.17, 15) is 4.79 Å². The van der Waals surface area contributed by atoms with Crippen molar-refractivity contribution >= 4 is 5.91 Å². The topological polar surface area (TPSA) is 37.7 Å². The van der Waals surface area contributed by atoms with Crippen molar-refractivity contribution in [1.82, 2.24) is 14.4 Å². The number of methoxy groups -OCH3 is 1. The lowest BCUT2D eigenvalue weighted by Gasteiger charge is -2.25. The molecule has 1 amide bonds. The summed E-state index contributed by atoms with van der Waals surface area (Å²) in [5, 5.41) is 0. The summed E-state index contributed by atoms with van der Waals surface area (Å²) in [6.07, 6.45) is 5.51. The second kappa shape index (κ2) is 7.29. The van der Waals surface area contributed by atoms with Crippen molar-refractivity contribution in [1.29, 1.82) is 0 Å². The van der Waals surface area contributed by atoms with Crippen LogP contribution in [0.25, 0.3) is 0 Å². The first-order chi connectivity index (χ1) is 10.8. The third-order valence-corrected chi connectivity index (χ3v) is 4.83. The quantitative estimate of drug-likeness (QED) is 0.829. The van der Waals surface area contributed by atoms with Crippen molar-refractivity contribution in [3.8, 4) is 0 Å². The zero-order chi connectivity index (χ0) is 15.4. The van der Waals surface area contributed by atoms with Gasteiger partial charge >= 0.3 is 0 Å². The van der Waals surface area contributed by atoms with E-state index in [-0.39, 0.29) is 0 Å². The fraction of sp³-hybridized carbons (Fsp3) is 0.706. The van der Waals surface area contributed by atoms with E-state index in [0.29, 0.717) is 18.4 Å². The van der Waals surface area contributed by atoms with Crippen LogP contribution in [0.3, 0.4) is 0 Å². The predicted octanol–water partition coefficient (Wildman–Crippen LogP) is 1.58. The van der Waals surface area contributed by atoms with E-state index in [1.807, 2.05) is 4.90 Å². The first-order valence-electron chi connectivity index (χ1n) is 8.39. The van der Waals surface area contributed by atoms with Crippen LogP contribution in [0, 0.1) is 5.92 Å². The standard InChI is InChI=1S/C17H27N3O2/c1-22-10-6-15-11-18(13-16-5-4-9-20(16)12-15)14-17(21)19-7-2-3-8-19/h4-5,9,15H,2-3,6-8,10-14H2,1H3/t15-/m1/s1. The van der Waals surface area contributed by atoms with Crippen LogP contribution in [-0.2, 0) is 22.6 Å². The number of rotatable bonds is 5. The van der Waals surface area contributed by atoms with Gasteiger partial charge in [0.2, 0.25) is 5.91 Å². The number of nitrogens with zero attached hydrogens (tertiary/aromatic N) is 3. The van der Waals surface area contributed by atoms with Crippen molar-refractivity contribution in [2.75, 3.05) is 39.9 Å². The maximum atomic E-state index is 12.4. The summed E-state index contributed by atoms with van der Waals surface area (Å²) in [6.45, 7) is 6.09. The van der Waals surface area contributed by atoms with Gasteiger partial charge < -0.3 is 14.2 Å². The molecule has 2 aliphatic heterocycles. The average molecular weight is 305 g/mol. The number of carbonyl (C=O) groups is 1. The van der Waals surface area contributed by atoms with Gasteiger partial charge in [0.15, 0.2) is 0 Å². The summed E-state index contributed by atoms with van der Waals surface area (Å²) in [6, 6.07) is 4.28. The highest BCUT2D eigenvalue weighted by atomic mass is 16.5. The molecule has 0 aromatic carbocycles. The van der Waals surface area contributed by atoms with Crippen LogP contribution < -0.4 is 0 Å². The molecule has 2 aliphatic rings. The molecule has 0 aliphatic carbocycles. The van der Waals surface area contributed by atoms with Gasteiger partial charge in [0.05, 0.1) is 6.54 Å². The molecule has 22 heavy (non-hydrogen) atoms. The van der Waals surface area contributed by atoms with Crippen molar-refractivity contribution in [2.24, 2.45) is 5.92 Å². The van der Waals surface area contributed by atoms with Crippen molar-refractivity contribution in [3.05, 3.63) is 24.0 Å². The van der Waals surface area contributed by atoms with E-state index in [1.54, 1.807) is 7.11 Å². The number of likely N-dealkylation sites (tertiary alicyclic amines) is 1. The van der Waals surface area contributed by atoms with Crippen LogP contribution in [0.1, 0.15) is 25.0 Å². The largest absolute Gasteiger partial charge is 0.385 e. The van der Waals surface area contributed by atoms with Gasteiger partial charge in [0.25, 0.3) is 0 Å². The van der Waals surface area contributed by atoms with E-state index in [4.69, 9.17) is 4.74 Å². The Morgan fingerprint density at radius 3 is 2.91 bits per heavy atom. The molecule has 1 aromatic heterocycles. The van der Waals surface area contributed by atoms with Crippen molar-refractivity contribution in [2.45, 2.75) is 32.4 Å². The average Bonchev–Trinajstić information content (AvgIpc) is 3.15. The van der Waals surface area contributed by atoms with Gasteiger partial charge in [-0.2, -0.15) is 0 Å². The highest BCUT2D eigenvalue weighted by molar-refractivity contribution is 5.78. The molecular weight excluding hydrogens is 278 g/mol. The summed E-state index contributed by atoms with van der Waals surface area (Å²) >= 11 is 0. The van der Waals surface area contributed by atoms with Gasteiger partial charge in [-0.05, 0) is 37.3 Å². The molecule has 0 unspecified atom stereocenters. The minimum absolute atomic E-state index is 0.294. The Bertz CT molecular complexity index is 494. The minimum Gasteiger partial charge on any atom is -0.385 e. The second-order valence-electron chi connectivity index (χ2n) is 6.56. The second-order valence-corrected chi connectivity index (χ2v) is 6.56. The number of fused-ring (bicyclic) bond motifs is 1. The van der Waals surface area contributed by atoms with Crippen molar-refractivity contribution in [3.63, 3.8) is 0 Å². The first kappa shape index (κ1) is 15.6. The number of aromatic nitrogens is 1. The maximum Gasteiger partial charge on any atom is 0.236 e. The molecule has 1 saturated heterocycles. The number of carbonyl (C=O) groups excluding carboxylic acids is 1. The van der Waals surface area contributed by atoms with E-state index in [0.717, 1.165) is 58.6 Å². The molecule has 1 fully saturated rings. The third kappa shape index (κ3) is 3.70. The molecule has 0 radical (unpaired) electrons. The summed E-state index contributed by atoms with van der Waals surface area (Å²) in [5.74, 6) is 0.836. The van der Waals surface area contributed by atoms with Gasteiger partial charge in [-0.15, -0.1) is 0 Å². The van der Waals surface area contributed by atoms with Crippen LogP contribution in [0.5, 0.6) is 0 Å². The van der Waals surface area contributed by atoms with Gasteiger partial charge in [0, 0.05) is 58.3 Å². The summed E-state index contributed by atoms with van der Waals surface area (Å²) in [5.41, 5.74) is 1.31. The SMILES string of the molecule is COCC[C@@H]1CN(CC(=O)N2CCCC2)Cc2cccn2C1. The summed E-state index contributed by atoms with van der Waals surface area (Å²) in [4.78, 5) is 16.8. The molecule has 3 heterocycles. The van der Waals surface area contributed by atoms with Gasteiger partial charge in [-0.3, -0.25) is 9.69 Å². The molecule has 3 rings (SSSR count). The first-order valence-corrected chi connectivity index (χ1v) is 8.39. The van der Waals surface area contributed by atoms with E-state index >= 15 is 0 Å². The zero-order valence-corrected chi connectivity index (χ0v) is 13.5. The Morgan fingerprint density at radius 1 is 1.32 bits per heavy atom. The lowest BCUT2D eigenvalue weighted by molar-refractivity contribution is -0.131. The smallest absolute Gasteiger partial charge is 0.236 e. The molecule has 1 aromatic rings. The third-order valence-electron chi connectivity index (χ3n) is 4.83. The highest BCUT2D eigenvalue weighted by Crippen LogP contribution is 2.20. The lowest BCUT2D eigenvalue weighted by atomic mass is 10.1. The van der Waals surface area contributed by atoms with Crippen LogP contribution in [0.2, 0.25) is 0 Å². The van der Waals surface area contributed by atoms with Gasteiger partial charge in [-0.1, -0.05) is 0 Å². The van der Waals surface area contributed by atoms with Gasteiger partial charge in [-0.25, -0.2) is 0 Å². The molecule has 122 valence electrons. The maximum absolute atomic E-state index is 12.4. The summed E-state index contributed by atoms with van der Waals surface area (Å²) in [7, 11) is 1.76. The fourth-order valence-corrected chi connectivity index (χ4v) is 3.61. The van der Waals surface area contributed by atoms with E-state index < -0.39 is 0 Å². The Labute approximate surface area is 132 Å². The molecule has 0 saturated carbocycles. The Hall–Kier alpha value is -1.33.